The Bertz CT molecular complexity index is 1230. The highest BCUT2D eigenvalue weighted by Crippen LogP contribution is 2.35. The van der Waals surface area contributed by atoms with Crippen molar-refractivity contribution in [1.29, 1.82) is 0 Å². The Kier molecular flexibility index (Phi) is 5.90. The van der Waals surface area contributed by atoms with Crippen LogP contribution in [0, 0.1) is 12.7 Å². The molecule has 0 unspecified atom stereocenters. The number of halogens is 4. The minimum Gasteiger partial charge on any atom is -0.369 e. The number of aryl methyl sites for hydroxylation is 1. The summed E-state index contributed by atoms with van der Waals surface area (Å²) in [5, 5.41) is 7.36. The molecule has 0 saturated carbocycles. The van der Waals surface area contributed by atoms with Crippen LogP contribution in [0.15, 0.2) is 48.7 Å². The number of nitrogens with one attached hydrogen (secondary N) is 1. The number of carbonyl (C=O) groups excluding carboxylic acids is 1. The molecular weight excluding hydrogens is 462 g/mol. The van der Waals surface area contributed by atoms with E-state index in [-0.39, 0.29) is 30.5 Å². The van der Waals surface area contributed by atoms with Crippen molar-refractivity contribution in [3.05, 3.63) is 76.7 Å². The molecule has 0 bridgehead atoms. The average Bonchev–Trinajstić information content (AvgIpc) is 3.26. The first-order valence-corrected chi connectivity index (χ1v) is 11.5. The van der Waals surface area contributed by atoms with E-state index in [2.05, 4.69) is 10.4 Å². The highest BCUT2D eigenvalue weighted by Gasteiger charge is 2.36. The highest BCUT2D eigenvalue weighted by atomic mass is 19.4. The van der Waals surface area contributed by atoms with Crippen LogP contribution in [0.5, 0.6) is 0 Å². The van der Waals surface area contributed by atoms with Crippen LogP contribution in [0.1, 0.15) is 41.1 Å². The van der Waals surface area contributed by atoms with Gasteiger partial charge in [0.05, 0.1) is 23.8 Å². The molecule has 1 fully saturated rings. The van der Waals surface area contributed by atoms with Crippen molar-refractivity contribution >= 4 is 17.5 Å². The number of hydrogen-bond acceptors (Lipinski definition) is 3. The molecule has 10 heteroatoms. The van der Waals surface area contributed by atoms with Crippen molar-refractivity contribution in [2.75, 3.05) is 22.9 Å². The van der Waals surface area contributed by atoms with E-state index in [9.17, 15) is 22.4 Å². The molecule has 2 amide bonds. The number of benzene rings is 2. The molecule has 1 saturated heterocycles. The summed E-state index contributed by atoms with van der Waals surface area (Å²) in [6, 6.07) is 9.86. The second kappa shape index (κ2) is 8.90. The molecule has 3 heterocycles. The third kappa shape index (κ3) is 4.44. The predicted molar refractivity (Wildman–Crippen MR) is 124 cm³/mol. The summed E-state index contributed by atoms with van der Waals surface area (Å²) in [5.74, 6) is 0.135. The molecule has 2 aromatic carbocycles. The van der Waals surface area contributed by atoms with E-state index in [0.29, 0.717) is 24.6 Å². The van der Waals surface area contributed by atoms with Gasteiger partial charge in [-0.2, -0.15) is 18.3 Å². The Labute approximate surface area is 200 Å². The Hall–Kier alpha value is -3.56. The molecule has 0 aliphatic carbocycles. The monoisotopic (exact) mass is 487 g/mol. The number of rotatable bonds is 4. The van der Waals surface area contributed by atoms with Gasteiger partial charge in [-0.3, -0.25) is 9.58 Å². The Morgan fingerprint density at radius 1 is 1.09 bits per heavy atom. The Balaban J connectivity index is 1.36. The third-order valence-electron chi connectivity index (χ3n) is 6.71. The third-order valence-corrected chi connectivity index (χ3v) is 6.71. The van der Waals surface area contributed by atoms with Crippen LogP contribution in [-0.4, -0.2) is 28.9 Å². The first-order chi connectivity index (χ1) is 16.7. The van der Waals surface area contributed by atoms with Gasteiger partial charge in [0.2, 0.25) is 0 Å². The number of nitrogens with zero attached hydrogens (tertiary/aromatic N) is 4. The normalized spacial score (nSPS) is 16.9. The smallest absolute Gasteiger partial charge is 0.369 e. The number of alkyl halides is 3. The van der Waals surface area contributed by atoms with Crippen molar-refractivity contribution in [3.8, 4) is 0 Å². The predicted octanol–water partition coefficient (Wildman–Crippen LogP) is 5.42. The van der Waals surface area contributed by atoms with Crippen molar-refractivity contribution in [3.63, 3.8) is 0 Å². The van der Waals surface area contributed by atoms with Gasteiger partial charge < -0.3 is 10.2 Å². The van der Waals surface area contributed by atoms with Gasteiger partial charge in [-0.05, 0) is 43.0 Å². The summed E-state index contributed by atoms with van der Waals surface area (Å²) in [6.45, 7) is 3.21. The van der Waals surface area contributed by atoms with Crippen molar-refractivity contribution in [2.45, 2.75) is 45.1 Å². The average molecular weight is 488 g/mol. The number of anilines is 2. The summed E-state index contributed by atoms with van der Waals surface area (Å²) in [4.78, 5) is 15.9. The molecule has 0 spiro atoms. The summed E-state index contributed by atoms with van der Waals surface area (Å²) in [7, 11) is 0. The lowest BCUT2D eigenvalue weighted by molar-refractivity contribution is -0.138. The fourth-order valence-corrected chi connectivity index (χ4v) is 4.95. The quantitative estimate of drug-likeness (QED) is 0.500. The van der Waals surface area contributed by atoms with E-state index in [4.69, 9.17) is 0 Å². The van der Waals surface area contributed by atoms with Crippen molar-refractivity contribution < 1.29 is 22.4 Å². The number of para-hydroxylation sites is 1. The topological polar surface area (TPSA) is 53.4 Å². The van der Waals surface area contributed by atoms with Gasteiger partial charge in [-0.15, -0.1) is 0 Å². The van der Waals surface area contributed by atoms with Crippen molar-refractivity contribution in [1.82, 2.24) is 15.1 Å². The van der Waals surface area contributed by atoms with Crippen LogP contribution in [-0.2, 0) is 19.3 Å². The fraction of sp³-hybridized carbons (Fsp3) is 0.360. The molecular formula is C25H25F4N5O. The van der Waals surface area contributed by atoms with Crippen LogP contribution >= 0.6 is 0 Å². The van der Waals surface area contributed by atoms with Crippen LogP contribution in [0.4, 0.5) is 33.9 Å². The lowest BCUT2D eigenvalue weighted by Crippen LogP contribution is -2.44. The van der Waals surface area contributed by atoms with Gasteiger partial charge >= 0.3 is 12.2 Å². The molecule has 2 aliphatic rings. The minimum absolute atomic E-state index is 0.00566. The van der Waals surface area contributed by atoms with Gasteiger partial charge in [0.25, 0.3) is 0 Å². The molecule has 0 radical (unpaired) electrons. The van der Waals surface area contributed by atoms with Gasteiger partial charge in [0.15, 0.2) is 5.82 Å². The fourth-order valence-electron chi connectivity index (χ4n) is 4.95. The first-order valence-electron chi connectivity index (χ1n) is 11.5. The zero-order valence-corrected chi connectivity index (χ0v) is 19.1. The number of hydrogen-bond donors (Lipinski definition) is 1. The highest BCUT2D eigenvalue weighted by molar-refractivity contribution is 5.93. The van der Waals surface area contributed by atoms with E-state index >= 15 is 0 Å². The maximum atomic E-state index is 14.4. The maximum Gasteiger partial charge on any atom is 0.416 e. The van der Waals surface area contributed by atoms with E-state index in [1.165, 1.54) is 29.2 Å². The second-order valence-electron chi connectivity index (χ2n) is 8.98. The maximum absolute atomic E-state index is 14.4. The van der Waals surface area contributed by atoms with Crippen LogP contribution in [0.3, 0.4) is 0 Å². The molecule has 2 aliphatic heterocycles. The number of carbonyl (C=O) groups is 1. The Morgan fingerprint density at radius 2 is 1.83 bits per heavy atom. The number of urea groups is 1. The number of fused-ring (bicyclic) bond motifs is 1. The molecule has 6 nitrogen and oxygen atoms in total. The zero-order chi connectivity index (χ0) is 24.7. The molecule has 1 N–H and O–H groups in total. The van der Waals surface area contributed by atoms with Gasteiger partial charge in [-0.25, -0.2) is 9.18 Å². The summed E-state index contributed by atoms with van der Waals surface area (Å²) >= 11 is 0. The standard InChI is InChI=1S/C25H25F4N5O/c1-16-5-4-8-21(26)22(16)32-11-9-19(10-12-32)34-15-18-13-30-24(35)33(23(18)31-34)14-17-6-2-3-7-20(17)25(27,28)29/h2-8,15,19H,9-14H2,1H3,(H,30,35). The molecule has 3 aromatic rings. The molecule has 184 valence electrons. The lowest BCUT2D eigenvalue weighted by atomic mass is 10.0. The van der Waals surface area contributed by atoms with Gasteiger partial charge in [0, 0.05) is 31.4 Å². The second-order valence-corrected chi connectivity index (χ2v) is 8.98. The van der Waals surface area contributed by atoms with Crippen LogP contribution < -0.4 is 15.1 Å². The summed E-state index contributed by atoms with van der Waals surface area (Å²) in [6.07, 6.45) is -1.21. The molecule has 35 heavy (non-hydrogen) atoms. The largest absolute Gasteiger partial charge is 0.416 e. The minimum atomic E-state index is -4.52. The molecule has 0 atom stereocenters. The number of aromatic nitrogens is 2. The van der Waals surface area contributed by atoms with Gasteiger partial charge in [-0.1, -0.05) is 30.3 Å². The first kappa shape index (κ1) is 23.2. The Morgan fingerprint density at radius 3 is 2.54 bits per heavy atom. The number of piperidine rings is 1. The van der Waals surface area contributed by atoms with E-state index in [0.717, 1.165) is 30.0 Å². The summed E-state index contributed by atoms with van der Waals surface area (Å²) < 4.78 is 56.6. The van der Waals surface area contributed by atoms with Gasteiger partial charge in [0.1, 0.15) is 5.82 Å². The van der Waals surface area contributed by atoms with E-state index < -0.39 is 17.8 Å². The zero-order valence-electron chi connectivity index (χ0n) is 19.1. The van der Waals surface area contributed by atoms with E-state index in [1.54, 1.807) is 10.7 Å². The molecule has 1 aromatic heterocycles. The number of amides is 2. The van der Waals surface area contributed by atoms with Crippen LogP contribution in [0.2, 0.25) is 0 Å². The van der Waals surface area contributed by atoms with E-state index in [1.807, 2.05) is 24.1 Å². The lowest BCUT2D eigenvalue weighted by Gasteiger charge is -2.34. The van der Waals surface area contributed by atoms with Crippen LogP contribution in [0.25, 0.3) is 0 Å². The SMILES string of the molecule is Cc1cccc(F)c1N1CCC(n2cc3c(n2)N(Cc2ccccc2C(F)(F)F)C(=O)NC3)CC1. The van der Waals surface area contributed by atoms with Crippen molar-refractivity contribution in [2.24, 2.45) is 0 Å². The summed E-state index contributed by atoms with van der Waals surface area (Å²) in [5.41, 5.74) is 1.50. The molecule has 5 rings (SSSR count).